The van der Waals surface area contributed by atoms with Crippen molar-refractivity contribution in [1.82, 2.24) is 4.90 Å². The van der Waals surface area contributed by atoms with Gasteiger partial charge in [0.25, 0.3) is 5.91 Å². The fraction of sp³-hybridized carbons (Fsp3) is 0.192. The topological polar surface area (TPSA) is 91.7 Å². The molecule has 0 aliphatic carbocycles. The van der Waals surface area contributed by atoms with E-state index in [0.29, 0.717) is 24.3 Å². The van der Waals surface area contributed by atoms with Gasteiger partial charge in [-0.15, -0.1) is 0 Å². The third kappa shape index (κ3) is 3.11. The number of fused-ring (bicyclic) bond motifs is 1. The SMILES string of the molecule is CN1C(=O)C(c2ccc3c(c2)COCC3)(c2c(C#N)ccc(F)c2-c2ccccc2)N=C1N. The first-order chi connectivity index (χ1) is 16.0. The van der Waals surface area contributed by atoms with E-state index in [0.717, 1.165) is 17.5 Å². The average molecular weight is 440 g/mol. The summed E-state index contributed by atoms with van der Waals surface area (Å²) in [5.41, 5.74) is 8.04. The number of carbonyl (C=O) groups is 1. The van der Waals surface area contributed by atoms with Gasteiger partial charge >= 0.3 is 0 Å². The number of aliphatic imine (C=N–C) groups is 1. The lowest BCUT2D eigenvalue weighted by Gasteiger charge is -2.30. The third-order valence-corrected chi connectivity index (χ3v) is 6.34. The summed E-state index contributed by atoms with van der Waals surface area (Å²) in [7, 11) is 1.53. The molecular weight excluding hydrogens is 419 g/mol. The molecule has 1 atom stereocenters. The largest absolute Gasteiger partial charge is 0.376 e. The molecule has 2 heterocycles. The Bertz CT molecular complexity index is 1350. The number of amides is 1. The standard InChI is InChI=1S/C26H21FN4O2/c1-31-24(32)26(30-25(31)29,20-9-7-16-11-12-33-15-19(16)13-20)23-18(14-28)8-10-21(27)22(23)17-5-3-2-4-6-17/h2-10,13H,11-12,15H2,1H3,(H2,29,30). The first kappa shape index (κ1) is 20.9. The van der Waals surface area contributed by atoms with Crippen molar-refractivity contribution in [3.05, 3.63) is 94.3 Å². The number of nitrogens with zero attached hydrogens (tertiary/aromatic N) is 3. The van der Waals surface area contributed by atoms with Crippen LogP contribution < -0.4 is 5.73 Å². The molecule has 33 heavy (non-hydrogen) atoms. The normalized spacial score (nSPS) is 19.7. The number of rotatable bonds is 3. The minimum Gasteiger partial charge on any atom is -0.376 e. The average Bonchev–Trinajstić information content (AvgIpc) is 3.08. The van der Waals surface area contributed by atoms with Gasteiger partial charge in [0.1, 0.15) is 5.82 Å². The van der Waals surface area contributed by atoms with Crippen LogP contribution in [-0.4, -0.2) is 30.4 Å². The fourth-order valence-electron chi connectivity index (χ4n) is 4.66. The van der Waals surface area contributed by atoms with Gasteiger partial charge in [-0.1, -0.05) is 42.5 Å². The summed E-state index contributed by atoms with van der Waals surface area (Å²) >= 11 is 0. The zero-order chi connectivity index (χ0) is 23.2. The van der Waals surface area contributed by atoms with Gasteiger partial charge in [0.15, 0.2) is 11.5 Å². The fourth-order valence-corrected chi connectivity index (χ4v) is 4.66. The number of ether oxygens (including phenoxy) is 1. The number of hydrogen-bond donors (Lipinski definition) is 1. The highest BCUT2D eigenvalue weighted by Gasteiger charge is 2.52. The van der Waals surface area contributed by atoms with E-state index < -0.39 is 17.3 Å². The van der Waals surface area contributed by atoms with Crippen molar-refractivity contribution in [1.29, 1.82) is 5.26 Å². The summed E-state index contributed by atoms with van der Waals surface area (Å²) < 4.78 is 21.1. The molecule has 2 aliphatic heterocycles. The zero-order valence-corrected chi connectivity index (χ0v) is 18.0. The van der Waals surface area contributed by atoms with Gasteiger partial charge in [0.2, 0.25) is 0 Å². The summed E-state index contributed by atoms with van der Waals surface area (Å²) in [5.74, 6) is -0.996. The van der Waals surface area contributed by atoms with Crippen LogP contribution >= 0.6 is 0 Å². The van der Waals surface area contributed by atoms with E-state index >= 15 is 4.39 Å². The van der Waals surface area contributed by atoms with Crippen LogP contribution in [0.3, 0.4) is 0 Å². The number of benzene rings is 3. The molecule has 0 saturated carbocycles. The Balaban J connectivity index is 1.89. The molecule has 0 spiro atoms. The third-order valence-electron chi connectivity index (χ3n) is 6.34. The van der Waals surface area contributed by atoms with Crippen LogP contribution in [0.25, 0.3) is 11.1 Å². The molecule has 0 saturated heterocycles. The van der Waals surface area contributed by atoms with Crippen LogP contribution in [0.1, 0.15) is 27.8 Å². The number of likely N-dealkylation sites (N-methyl/N-ethyl adjacent to an activating group) is 1. The van der Waals surface area contributed by atoms with Crippen LogP contribution in [0, 0.1) is 17.1 Å². The molecule has 2 aliphatic rings. The first-order valence-corrected chi connectivity index (χ1v) is 10.6. The van der Waals surface area contributed by atoms with Gasteiger partial charge in [-0.05, 0) is 46.9 Å². The molecule has 0 fully saturated rings. The van der Waals surface area contributed by atoms with Gasteiger partial charge in [-0.25, -0.2) is 9.38 Å². The van der Waals surface area contributed by atoms with Crippen LogP contribution in [0.15, 0.2) is 65.7 Å². The second-order valence-corrected chi connectivity index (χ2v) is 8.15. The van der Waals surface area contributed by atoms with Crippen molar-refractivity contribution in [3.8, 4) is 17.2 Å². The van der Waals surface area contributed by atoms with Crippen molar-refractivity contribution in [2.45, 2.75) is 18.6 Å². The molecule has 7 heteroatoms. The van der Waals surface area contributed by atoms with Crippen LogP contribution in [0.2, 0.25) is 0 Å². The summed E-state index contributed by atoms with van der Waals surface area (Å²) in [5, 5.41) is 10.0. The zero-order valence-electron chi connectivity index (χ0n) is 18.0. The van der Waals surface area contributed by atoms with Gasteiger partial charge in [0, 0.05) is 18.2 Å². The van der Waals surface area contributed by atoms with Crippen molar-refractivity contribution < 1.29 is 13.9 Å². The highest BCUT2D eigenvalue weighted by molar-refractivity contribution is 6.10. The molecular formula is C26H21FN4O2. The Hall–Kier alpha value is -4.02. The summed E-state index contributed by atoms with van der Waals surface area (Å²) in [6, 6.07) is 19.3. The van der Waals surface area contributed by atoms with Crippen molar-refractivity contribution >= 4 is 11.9 Å². The maximum atomic E-state index is 15.5. The van der Waals surface area contributed by atoms with E-state index in [1.165, 1.54) is 24.1 Å². The number of nitrogens with two attached hydrogens (primary N) is 1. The van der Waals surface area contributed by atoms with Gasteiger partial charge in [0.05, 0.1) is 24.8 Å². The van der Waals surface area contributed by atoms with E-state index in [1.54, 1.807) is 24.3 Å². The van der Waals surface area contributed by atoms with Gasteiger partial charge < -0.3 is 10.5 Å². The van der Waals surface area contributed by atoms with Crippen molar-refractivity contribution in [2.75, 3.05) is 13.7 Å². The molecule has 0 bridgehead atoms. The summed E-state index contributed by atoms with van der Waals surface area (Å²) in [6.45, 7) is 1.03. The number of nitriles is 1. The molecule has 164 valence electrons. The number of halogens is 1. The van der Waals surface area contributed by atoms with E-state index in [1.807, 2.05) is 24.3 Å². The highest BCUT2D eigenvalue weighted by atomic mass is 19.1. The Kier molecular flexibility index (Phi) is 4.95. The molecule has 6 nitrogen and oxygen atoms in total. The molecule has 0 radical (unpaired) electrons. The molecule has 1 unspecified atom stereocenters. The Labute approximate surface area is 190 Å². The van der Waals surface area contributed by atoms with E-state index in [9.17, 15) is 10.1 Å². The Morgan fingerprint density at radius 2 is 1.94 bits per heavy atom. The van der Waals surface area contributed by atoms with Crippen LogP contribution in [0.4, 0.5) is 4.39 Å². The Morgan fingerprint density at radius 3 is 2.64 bits per heavy atom. The number of hydrogen-bond acceptors (Lipinski definition) is 5. The lowest BCUT2D eigenvalue weighted by atomic mass is 9.75. The minimum absolute atomic E-state index is 0.00105. The molecule has 3 aromatic rings. The van der Waals surface area contributed by atoms with Gasteiger partial charge in [-0.2, -0.15) is 5.26 Å². The number of guanidine groups is 1. The van der Waals surface area contributed by atoms with Crippen LogP contribution in [0.5, 0.6) is 0 Å². The van der Waals surface area contributed by atoms with Crippen LogP contribution in [-0.2, 0) is 28.1 Å². The highest BCUT2D eigenvalue weighted by Crippen LogP contribution is 2.46. The minimum atomic E-state index is -1.70. The molecule has 2 N–H and O–H groups in total. The number of carbonyl (C=O) groups excluding carboxylic acids is 1. The maximum Gasteiger partial charge on any atom is 0.266 e. The quantitative estimate of drug-likeness (QED) is 0.675. The second-order valence-electron chi connectivity index (χ2n) is 8.15. The van der Waals surface area contributed by atoms with Gasteiger partial charge in [-0.3, -0.25) is 9.69 Å². The smallest absolute Gasteiger partial charge is 0.266 e. The van der Waals surface area contributed by atoms with Crippen molar-refractivity contribution in [3.63, 3.8) is 0 Å². The lowest BCUT2D eigenvalue weighted by Crippen LogP contribution is -2.42. The lowest BCUT2D eigenvalue weighted by molar-refractivity contribution is -0.129. The predicted molar refractivity (Wildman–Crippen MR) is 122 cm³/mol. The monoisotopic (exact) mass is 440 g/mol. The van der Waals surface area contributed by atoms with Crippen molar-refractivity contribution in [2.24, 2.45) is 10.7 Å². The predicted octanol–water partition coefficient (Wildman–Crippen LogP) is 3.47. The molecule has 1 amide bonds. The Morgan fingerprint density at radius 1 is 1.15 bits per heavy atom. The van der Waals surface area contributed by atoms with E-state index in [4.69, 9.17) is 10.5 Å². The second kappa shape index (κ2) is 7.84. The van der Waals surface area contributed by atoms with E-state index in [-0.39, 0.29) is 22.6 Å². The molecule has 0 aromatic heterocycles. The molecule has 3 aromatic carbocycles. The summed E-state index contributed by atoms with van der Waals surface area (Å²) in [4.78, 5) is 19.7. The molecule has 5 rings (SSSR count). The summed E-state index contributed by atoms with van der Waals surface area (Å²) in [6.07, 6.45) is 0.764. The van der Waals surface area contributed by atoms with E-state index in [2.05, 4.69) is 11.1 Å². The maximum absolute atomic E-state index is 15.5. The first-order valence-electron chi connectivity index (χ1n) is 10.6.